The van der Waals surface area contributed by atoms with Gasteiger partial charge in [0.15, 0.2) is 0 Å². The van der Waals surface area contributed by atoms with Gasteiger partial charge in [0, 0.05) is 31.5 Å². The summed E-state index contributed by atoms with van der Waals surface area (Å²) in [4.78, 5) is 2.12. The van der Waals surface area contributed by atoms with Gasteiger partial charge in [-0.25, -0.2) is 0 Å². The summed E-state index contributed by atoms with van der Waals surface area (Å²) in [6.07, 6.45) is 0. The van der Waals surface area contributed by atoms with Gasteiger partial charge in [0.1, 0.15) is 0 Å². The SMILES string of the molecule is Cc1cc(C)c(C(C)Nc2cccc(N(C)C)c2)cc1C. The van der Waals surface area contributed by atoms with E-state index < -0.39 is 0 Å². The molecule has 0 aliphatic rings. The minimum Gasteiger partial charge on any atom is -0.378 e. The lowest BCUT2D eigenvalue weighted by atomic mass is 9.96. The largest absolute Gasteiger partial charge is 0.378 e. The Bertz CT molecular complexity index is 629. The van der Waals surface area contributed by atoms with Crippen LogP contribution in [0, 0.1) is 20.8 Å². The zero-order valence-corrected chi connectivity index (χ0v) is 14.0. The Hall–Kier alpha value is -1.96. The van der Waals surface area contributed by atoms with Crippen molar-refractivity contribution in [3.8, 4) is 0 Å². The van der Waals surface area contributed by atoms with Gasteiger partial charge in [0.25, 0.3) is 0 Å². The predicted octanol–water partition coefficient (Wildman–Crippen LogP) is 4.85. The van der Waals surface area contributed by atoms with E-state index in [2.05, 4.69) is 88.4 Å². The molecular weight excluding hydrogens is 256 g/mol. The van der Waals surface area contributed by atoms with Crippen molar-refractivity contribution < 1.29 is 0 Å². The first kappa shape index (κ1) is 15.4. The first-order valence-electron chi connectivity index (χ1n) is 7.50. The number of benzene rings is 2. The third kappa shape index (κ3) is 3.57. The number of anilines is 2. The second-order valence-electron chi connectivity index (χ2n) is 6.10. The maximum absolute atomic E-state index is 3.61. The highest BCUT2D eigenvalue weighted by Crippen LogP contribution is 2.26. The third-order valence-corrected chi connectivity index (χ3v) is 4.09. The van der Waals surface area contributed by atoms with Crippen molar-refractivity contribution in [1.82, 2.24) is 0 Å². The van der Waals surface area contributed by atoms with E-state index in [1.165, 1.54) is 27.9 Å². The van der Waals surface area contributed by atoms with Gasteiger partial charge in [-0.3, -0.25) is 0 Å². The lowest BCUT2D eigenvalue weighted by Gasteiger charge is -2.21. The monoisotopic (exact) mass is 282 g/mol. The average molecular weight is 282 g/mol. The van der Waals surface area contributed by atoms with Crippen LogP contribution in [-0.4, -0.2) is 14.1 Å². The molecule has 112 valence electrons. The topological polar surface area (TPSA) is 15.3 Å². The van der Waals surface area contributed by atoms with E-state index in [4.69, 9.17) is 0 Å². The summed E-state index contributed by atoms with van der Waals surface area (Å²) in [6, 6.07) is 13.4. The highest BCUT2D eigenvalue weighted by Gasteiger charge is 2.10. The number of nitrogens with one attached hydrogen (secondary N) is 1. The summed E-state index contributed by atoms with van der Waals surface area (Å²) in [6.45, 7) is 8.76. The number of aryl methyl sites for hydroxylation is 3. The van der Waals surface area contributed by atoms with E-state index in [-0.39, 0.29) is 0 Å². The molecule has 2 heteroatoms. The first-order valence-corrected chi connectivity index (χ1v) is 7.50. The molecule has 0 heterocycles. The van der Waals surface area contributed by atoms with Crippen LogP contribution in [0.4, 0.5) is 11.4 Å². The van der Waals surface area contributed by atoms with Crippen molar-refractivity contribution in [2.75, 3.05) is 24.3 Å². The molecule has 2 aromatic rings. The smallest absolute Gasteiger partial charge is 0.0488 e. The van der Waals surface area contributed by atoms with Crippen molar-refractivity contribution in [2.45, 2.75) is 33.7 Å². The molecule has 2 aromatic carbocycles. The fraction of sp³-hybridized carbons (Fsp3) is 0.368. The van der Waals surface area contributed by atoms with Crippen molar-refractivity contribution >= 4 is 11.4 Å². The lowest BCUT2D eigenvalue weighted by Crippen LogP contribution is -2.11. The standard InChI is InChI=1S/C19H26N2/c1-13-10-15(3)19(11-14(13)2)16(4)20-17-8-7-9-18(12-17)21(5)6/h7-12,16,20H,1-6H3. The highest BCUT2D eigenvalue weighted by molar-refractivity contribution is 5.58. The Morgan fingerprint density at radius 3 is 2.24 bits per heavy atom. The third-order valence-electron chi connectivity index (χ3n) is 4.09. The fourth-order valence-electron chi connectivity index (χ4n) is 2.65. The van der Waals surface area contributed by atoms with Crippen LogP contribution in [-0.2, 0) is 0 Å². The molecule has 0 amide bonds. The minimum atomic E-state index is 0.293. The second-order valence-corrected chi connectivity index (χ2v) is 6.10. The summed E-state index contributed by atoms with van der Waals surface area (Å²) in [5.41, 5.74) is 7.80. The predicted molar refractivity (Wildman–Crippen MR) is 93.5 cm³/mol. The van der Waals surface area contributed by atoms with Crippen LogP contribution in [0.1, 0.15) is 35.2 Å². The quantitative estimate of drug-likeness (QED) is 0.862. The molecule has 0 radical (unpaired) electrons. The molecule has 0 aliphatic heterocycles. The van der Waals surface area contributed by atoms with Gasteiger partial charge >= 0.3 is 0 Å². The minimum absolute atomic E-state index is 0.293. The summed E-state index contributed by atoms with van der Waals surface area (Å²) in [5.74, 6) is 0. The molecule has 0 fully saturated rings. The molecule has 0 bridgehead atoms. The lowest BCUT2D eigenvalue weighted by molar-refractivity contribution is 0.870. The molecule has 0 saturated carbocycles. The van der Waals surface area contributed by atoms with Gasteiger partial charge < -0.3 is 10.2 Å². The second kappa shape index (κ2) is 6.21. The summed E-state index contributed by atoms with van der Waals surface area (Å²) in [7, 11) is 4.13. The van der Waals surface area contributed by atoms with E-state index in [0.717, 1.165) is 5.69 Å². The van der Waals surface area contributed by atoms with Crippen LogP contribution in [0.3, 0.4) is 0 Å². The van der Waals surface area contributed by atoms with Gasteiger partial charge in [-0.1, -0.05) is 18.2 Å². The Balaban J connectivity index is 2.24. The normalized spacial score (nSPS) is 12.1. The van der Waals surface area contributed by atoms with Crippen LogP contribution in [0.25, 0.3) is 0 Å². The zero-order valence-electron chi connectivity index (χ0n) is 14.0. The molecule has 2 rings (SSSR count). The highest BCUT2D eigenvalue weighted by atomic mass is 15.1. The van der Waals surface area contributed by atoms with Crippen molar-refractivity contribution in [3.05, 3.63) is 58.7 Å². The maximum atomic E-state index is 3.61. The summed E-state index contributed by atoms with van der Waals surface area (Å²) in [5, 5.41) is 3.61. The zero-order chi connectivity index (χ0) is 15.6. The molecule has 1 unspecified atom stereocenters. The Labute approximate surface area is 128 Å². The molecule has 1 N–H and O–H groups in total. The van der Waals surface area contributed by atoms with Gasteiger partial charge in [0.05, 0.1) is 0 Å². The van der Waals surface area contributed by atoms with Crippen molar-refractivity contribution in [2.24, 2.45) is 0 Å². The summed E-state index contributed by atoms with van der Waals surface area (Å²) >= 11 is 0. The number of rotatable bonds is 4. The Kier molecular flexibility index (Phi) is 4.56. The first-order chi connectivity index (χ1) is 9.88. The maximum Gasteiger partial charge on any atom is 0.0488 e. The molecule has 0 aromatic heterocycles. The summed E-state index contributed by atoms with van der Waals surface area (Å²) < 4.78 is 0. The molecule has 2 nitrogen and oxygen atoms in total. The van der Waals surface area contributed by atoms with Crippen LogP contribution in [0.15, 0.2) is 36.4 Å². The number of nitrogens with zero attached hydrogens (tertiary/aromatic N) is 1. The average Bonchev–Trinajstić information content (AvgIpc) is 2.43. The van der Waals surface area contributed by atoms with E-state index >= 15 is 0 Å². The Morgan fingerprint density at radius 2 is 1.57 bits per heavy atom. The molecule has 0 saturated heterocycles. The fourth-order valence-corrected chi connectivity index (χ4v) is 2.65. The molecule has 0 spiro atoms. The van der Waals surface area contributed by atoms with E-state index in [9.17, 15) is 0 Å². The molecular formula is C19H26N2. The van der Waals surface area contributed by atoms with E-state index in [1.807, 2.05) is 0 Å². The Morgan fingerprint density at radius 1 is 0.905 bits per heavy atom. The van der Waals surface area contributed by atoms with Gasteiger partial charge in [0.2, 0.25) is 0 Å². The van der Waals surface area contributed by atoms with Gasteiger partial charge in [-0.2, -0.15) is 0 Å². The molecule has 1 atom stereocenters. The van der Waals surface area contributed by atoms with Gasteiger partial charge in [-0.15, -0.1) is 0 Å². The van der Waals surface area contributed by atoms with E-state index in [1.54, 1.807) is 0 Å². The van der Waals surface area contributed by atoms with Crippen molar-refractivity contribution in [3.63, 3.8) is 0 Å². The molecule has 0 aliphatic carbocycles. The van der Waals surface area contributed by atoms with Crippen LogP contribution in [0.5, 0.6) is 0 Å². The number of hydrogen-bond donors (Lipinski definition) is 1. The number of hydrogen-bond acceptors (Lipinski definition) is 2. The van der Waals surface area contributed by atoms with Crippen LogP contribution < -0.4 is 10.2 Å². The van der Waals surface area contributed by atoms with Crippen LogP contribution >= 0.6 is 0 Å². The van der Waals surface area contributed by atoms with E-state index in [0.29, 0.717) is 6.04 Å². The molecule has 21 heavy (non-hydrogen) atoms. The van der Waals surface area contributed by atoms with Crippen molar-refractivity contribution in [1.29, 1.82) is 0 Å². The van der Waals surface area contributed by atoms with Gasteiger partial charge in [-0.05, 0) is 68.1 Å². The van der Waals surface area contributed by atoms with Crippen LogP contribution in [0.2, 0.25) is 0 Å².